The van der Waals surface area contributed by atoms with Crippen molar-refractivity contribution in [3.63, 3.8) is 0 Å². The zero-order chi connectivity index (χ0) is 24.4. The molecule has 5 rings (SSSR count). The molecule has 0 spiro atoms. The van der Waals surface area contributed by atoms with Crippen LogP contribution in [0.15, 0.2) is 34.9 Å². The fourth-order valence-corrected chi connectivity index (χ4v) is 8.48. The fraction of sp³-hybridized carbons (Fsp3) is 0.690. The Kier molecular flexibility index (Phi) is 5.69. The summed E-state index contributed by atoms with van der Waals surface area (Å²) in [7, 11) is 0. The molecule has 3 fully saturated rings. The molecule has 1 heterocycles. The lowest BCUT2D eigenvalue weighted by Gasteiger charge is -2.57. The van der Waals surface area contributed by atoms with E-state index in [4.69, 9.17) is 9.47 Å². The highest BCUT2D eigenvalue weighted by molar-refractivity contribution is 6.01. The van der Waals surface area contributed by atoms with Crippen molar-refractivity contribution in [2.75, 3.05) is 0 Å². The molecule has 184 valence electrons. The van der Waals surface area contributed by atoms with Crippen molar-refractivity contribution in [2.24, 2.45) is 35.0 Å². The molecule has 0 amide bonds. The van der Waals surface area contributed by atoms with Gasteiger partial charge in [0.1, 0.15) is 11.7 Å². The lowest BCUT2D eigenvalue weighted by Crippen LogP contribution is -2.57. The Morgan fingerprint density at radius 1 is 1.15 bits per heavy atom. The van der Waals surface area contributed by atoms with Gasteiger partial charge in [0.05, 0.1) is 0 Å². The summed E-state index contributed by atoms with van der Waals surface area (Å²) in [5.74, 6) is 1.22. The van der Waals surface area contributed by atoms with Gasteiger partial charge in [0.15, 0.2) is 5.78 Å². The van der Waals surface area contributed by atoms with Gasteiger partial charge in [-0.25, -0.2) is 4.79 Å². The number of allylic oxidation sites excluding steroid dienone is 4. The van der Waals surface area contributed by atoms with Gasteiger partial charge in [-0.15, -0.1) is 0 Å². The van der Waals surface area contributed by atoms with Crippen LogP contribution in [0, 0.1) is 35.0 Å². The van der Waals surface area contributed by atoms with Crippen molar-refractivity contribution >= 4 is 17.7 Å². The normalized spacial score (nSPS) is 42.3. The second-order valence-corrected chi connectivity index (χ2v) is 11.8. The van der Waals surface area contributed by atoms with E-state index in [2.05, 4.69) is 19.9 Å². The Balaban J connectivity index is 1.46. The van der Waals surface area contributed by atoms with Gasteiger partial charge in [-0.1, -0.05) is 31.1 Å². The first-order valence-electron chi connectivity index (χ1n) is 13.1. The van der Waals surface area contributed by atoms with E-state index in [1.54, 1.807) is 6.08 Å². The highest BCUT2D eigenvalue weighted by atomic mass is 16.6. The second kappa shape index (κ2) is 8.20. The molecule has 0 aromatic heterocycles. The predicted octanol–water partition coefficient (Wildman–Crippen LogP) is 5.49. The number of hydrogen-bond donors (Lipinski definition) is 0. The molecule has 3 saturated carbocycles. The molecule has 0 bridgehead atoms. The molecule has 5 heteroatoms. The van der Waals surface area contributed by atoms with Crippen LogP contribution in [-0.4, -0.2) is 29.4 Å². The molecule has 0 radical (unpaired) electrons. The van der Waals surface area contributed by atoms with Crippen molar-refractivity contribution in [1.29, 1.82) is 0 Å². The molecular weight excluding hydrogens is 428 g/mol. The minimum Gasteiger partial charge on any atom is -0.459 e. The molecule has 8 atom stereocenters. The van der Waals surface area contributed by atoms with Crippen molar-refractivity contribution in [2.45, 2.75) is 91.3 Å². The van der Waals surface area contributed by atoms with Crippen LogP contribution in [0.4, 0.5) is 0 Å². The van der Waals surface area contributed by atoms with Crippen molar-refractivity contribution in [1.82, 2.24) is 0 Å². The smallest absolute Gasteiger partial charge is 0.333 e. The quantitative estimate of drug-likeness (QED) is 0.514. The van der Waals surface area contributed by atoms with E-state index in [1.807, 2.05) is 19.9 Å². The van der Waals surface area contributed by atoms with E-state index >= 15 is 0 Å². The Morgan fingerprint density at radius 2 is 1.91 bits per heavy atom. The van der Waals surface area contributed by atoms with Crippen LogP contribution in [0.1, 0.15) is 79.6 Å². The van der Waals surface area contributed by atoms with Crippen molar-refractivity contribution in [3.8, 4) is 0 Å². The summed E-state index contributed by atoms with van der Waals surface area (Å²) >= 11 is 0. The van der Waals surface area contributed by atoms with Gasteiger partial charge < -0.3 is 9.47 Å². The SMILES string of the molecule is CC(=O)O[C@]12CC[C@H]3[C@@H](CCC4=CC(=O)C=C[C@@]43C)[C@@H]1CC[C@@H]2[C@H](C)C1CC(C)=C(C)C(=O)O1. The number of hydrogen-bond acceptors (Lipinski definition) is 5. The van der Waals surface area contributed by atoms with Crippen LogP contribution in [-0.2, 0) is 23.9 Å². The molecule has 1 aliphatic heterocycles. The van der Waals surface area contributed by atoms with Crippen molar-refractivity contribution in [3.05, 3.63) is 34.9 Å². The van der Waals surface area contributed by atoms with Gasteiger partial charge >= 0.3 is 11.9 Å². The maximum atomic E-state index is 12.5. The molecule has 34 heavy (non-hydrogen) atoms. The zero-order valence-electron chi connectivity index (χ0n) is 21.2. The number of carbonyl (C=O) groups is 3. The summed E-state index contributed by atoms with van der Waals surface area (Å²) < 4.78 is 12.2. The van der Waals surface area contributed by atoms with Crippen LogP contribution in [0.2, 0.25) is 0 Å². The average molecular weight is 467 g/mol. The van der Waals surface area contributed by atoms with Crippen LogP contribution in [0.5, 0.6) is 0 Å². The third-order valence-electron chi connectivity index (χ3n) is 10.3. The zero-order valence-corrected chi connectivity index (χ0v) is 21.2. The number of carbonyl (C=O) groups excluding carboxylic acids is 3. The van der Waals surface area contributed by atoms with Gasteiger partial charge in [0.2, 0.25) is 0 Å². The van der Waals surface area contributed by atoms with Gasteiger partial charge in [-0.2, -0.15) is 0 Å². The van der Waals surface area contributed by atoms with Crippen LogP contribution in [0.3, 0.4) is 0 Å². The number of cyclic esters (lactones) is 1. The fourth-order valence-electron chi connectivity index (χ4n) is 8.48. The Morgan fingerprint density at radius 3 is 2.62 bits per heavy atom. The van der Waals surface area contributed by atoms with E-state index < -0.39 is 5.60 Å². The number of ketones is 1. The third-order valence-corrected chi connectivity index (χ3v) is 10.3. The lowest BCUT2D eigenvalue weighted by molar-refractivity contribution is -0.192. The predicted molar refractivity (Wildman–Crippen MR) is 129 cm³/mol. The average Bonchev–Trinajstić information content (AvgIpc) is 3.15. The topological polar surface area (TPSA) is 69.7 Å². The minimum absolute atomic E-state index is 0.0821. The van der Waals surface area contributed by atoms with Crippen LogP contribution < -0.4 is 0 Å². The largest absolute Gasteiger partial charge is 0.459 e. The summed E-state index contributed by atoms with van der Waals surface area (Å²) in [6.45, 7) is 9.88. The molecule has 5 aliphatic rings. The first kappa shape index (κ1) is 23.6. The first-order valence-corrected chi connectivity index (χ1v) is 13.1. The molecule has 1 unspecified atom stereocenters. The number of ether oxygens (including phenoxy) is 2. The van der Waals surface area contributed by atoms with Gasteiger partial charge in [0.25, 0.3) is 0 Å². The summed E-state index contributed by atoms with van der Waals surface area (Å²) in [5, 5.41) is 0. The van der Waals surface area contributed by atoms with E-state index in [9.17, 15) is 14.4 Å². The monoisotopic (exact) mass is 466 g/mol. The van der Waals surface area contributed by atoms with E-state index in [-0.39, 0.29) is 41.1 Å². The van der Waals surface area contributed by atoms with Gasteiger partial charge in [-0.3, -0.25) is 9.59 Å². The number of fused-ring (bicyclic) bond motifs is 5. The summed E-state index contributed by atoms with van der Waals surface area (Å²) in [4.78, 5) is 37.0. The molecule has 4 aliphatic carbocycles. The summed E-state index contributed by atoms with van der Waals surface area (Å²) in [6.07, 6.45) is 12.2. The minimum atomic E-state index is -0.491. The molecule has 0 N–H and O–H groups in total. The molecule has 0 saturated heterocycles. The Labute approximate surface area is 203 Å². The van der Waals surface area contributed by atoms with Crippen molar-refractivity contribution < 1.29 is 23.9 Å². The van der Waals surface area contributed by atoms with Crippen LogP contribution >= 0.6 is 0 Å². The molecular formula is C29H38O5. The van der Waals surface area contributed by atoms with E-state index in [0.717, 1.165) is 56.1 Å². The van der Waals surface area contributed by atoms with E-state index in [0.29, 0.717) is 17.8 Å². The summed E-state index contributed by atoms with van der Waals surface area (Å²) in [6, 6.07) is 0. The molecule has 0 aromatic rings. The maximum absolute atomic E-state index is 12.5. The van der Waals surface area contributed by atoms with Gasteiger partial charge in [-0.05, 0) is 76.4 Å². The van der Waals surface area contributed by atoms with Crippen LogP contribution in [0.25, 0.3) is 0 Å². The highest BCUT2D eigenvalue weighted by Gasteiger charge is 2.63. The second-order valence-electron chi connectivity index (χ2n) is 11.8. The Bertz CT molecular complexity index is 1020. The lowest BCUT2D eigenvalue weighted by atomic mass is 9.49. The Hall–Kier alpha value is -2.17. The maximum Gasteiger partial charge on any atom is 0.333 e. The molecule has 5 nitrogen and oxygen atoms in total. The third kappa shape index (κ3) is 3.45. The highest BCUT2D eigenvalue weighted by Crippen LogP contribution is 2.65. The van der Waals surface area contributed by atoms with Gasteiger partial charge in [0, 0.05) is 42.1 Å². The number of rotatable bonds is 3. The standard InChI is InChI=1S/C29H38O5/c1-16-14-26(33-27(32)17(16)2)18(3)23-8-9-25-22-7-6-20-15-21(31)10-12-28(20,5)24(22)11-13-29(23,25)34-19(4)30/h10,12,15,18,22-26H,6-9,11,13-14H2,1-5H3/t18-,22+,23+,24-,25-,26?,28-,29-/m0/s1. The summed E-state index contributed by atoms with van der Waals surface area (Å²) in [5.41, 5.74) is 2.53. The molecule has 0 aromatic carbocycles. The first-order chi connectivity index (χ1) is 16.1. The number of esters is 2. The van der Waals surface area contributed by atoms with E-state index in [1.165, 1.54) is 12.5 Å².